The molecule has 0 saturated carbocycles. The monoisotopic (exact) mass is 269 g/mol. The summed E-state index contributed by atoms with van der Waals surface area (Å²) < 4.78 is 11.2. The van der Waals surface area contributed by atoms with Gasteiger partial charge >= 0.3 is 0 Å². The Labute approximate surface area is 117 Å². The highest BCUT2D eigenvalue weighted by atomic mass is 16.5. The summed E-state index contributed by atoms with van der Waals surface area (Å²) in [5.74, 6) is 1.43. The van der Waals surface area contributed by atoms with E-state index in [2.05, 4.69) is 36.3 Å². The highest BCUT2D eigenvalue weighted by molar-refractivity contribution is 6.05. The van der Waals surface area contributed by atoms with Crippen LogP contribution in [0.3, 0.4) is 0 Å². The van der Waals surface area contributed by atoms with Crippen LogP contribution in [0.15, 0.2) is 47.6 Å². The molecule has 0 unspecified atom stereocenters. The van der Waals surface area contributed by atoms with E-state index in [4.69, 9.17) is 14.7 Å². The van der Waals surface area contributed by atoms with E-state index in [9.17, 15) is 0 Å². The summed E-state index contributed by atoms with van der Waals surface area (Å²) in [7, 11) is 0. The average molecular weight is 269 g/mol. The van der Waals surface area contributed by atoms with Crippen LogP contribution >= 0.6 is 0 Å². The van der Waals surface area contributed by atoms with Crippen LogP contribution in [0, 0.1) is 6.92 Å². The maximum absolute atomic E-state index is 8.83. The normalized spacial score (nSPS) is 14.9. The van der Waals surface area contributed by atoms with Crippen molar-refractivity contribution >= 4 is 5.71 Å². The third-order valence-electron chi connectivity index (χ3n) is 3.28. The maximum Gasteiger partial charge on any atom is 0.134 e. The zero-order chi connectivity index (χ0) is 13.9. The quantitative estimate of drug-likeness (QED) is 0.688. The number of rotatable bonds is 3. The molecule has 0 bridgehead atoms. The summed E-state index contributed by atoms with van der Waals surface area (Å²) in [5.41, 5.74) is 3.71. The Hall–Kier alpha value is -2.49. The van der Waals surface area contributed by atoms with Crippen molar-refractivity contribution in [1.82, 2.24) is 0 Å². The maximum atomic E-state index is 8.83. The van der Waals surface area contributed by atoms with Crippen molar-refractivity contribution in [3.63, 3.8) is 0 Å². The fraction of sp³-hybridized carbons (Fsp3) is 0.188. The third kappa shape index (κ3) is 2.45. The first-order chi connectivity index (χ1) is 9.76. The lowest BCUT2D eigenvalue weighted by Crippen LogP contribution is -2.01. The number of aryl methyl sites for hydroxylation is 1. The summed E-state index contributed by atoms with van der Waals surface area (Å²) in [5, 5.41) is 12.0. The zero-order valence-corrected chi connectivity index (χ0v) is 11.2. The highest BCUT2D eigenvalue weighted by Crippen LogP contribution is 2.30. The van der Waals surface area contributed by atoms with E-state index in [1.54, 1.807) is 0 Å². The van der Waals surface area contributed by atoms with E-state index < -0.39 is 0 Å². The number of hydrogen-bond donors (Lipinski definition) is 1. The van der Waals surface area contributed by atoms with E-state index in [0.717, 1.165) is 16.9 Å². The lowest BCUT2D eigenvalue weighted by Gasteiger charge is -2.08. The number of nitrogens with zero attached hydrogens (tertiary/aromatic N) is 1. The van der Waals surface area contributed by atoms with Crippen LogP contribution in [0.25, 0.3) is 0 Å². The lowest BCUT2D eigenvalue weighted by molar-refractivity contribution is 0.302. The molecule has 0 spiro atoms. The minimum atomic E-state index is 0.299. The molecular formula is C16H15NO3. The lowest BCUT2D eigenvalue weighted by atomic mass is 10.1. The predicted molar refractivity (Wildman–Crippen MR) is 75.8 cm³/mol. The second-order valence-corrected chi connectivity index (χ2v) is 4.77. The molecular weight excluding hydrogens is 254 g/mol. The predicted octanol–water partition coefficient (Wildman–Crippen LogP) is 3.14. The first-order valence-electron chi connectivity index (χ1n) is 6.43. The van der Waals surface area contributed by atoms with E-state index >= 15 is 0 Å². The molecule has 2 aromatic carbocycles. The molecule has 3 rings (SSSR count). The summed E-state index contributed by atoms with van der Waals surface area (Å²) in [6.07, 6.45) is 0. The molecule has 0 amide bonds. The zero-order valence-electron chi connectivity index (χ0n) is 11.2. The Balaban J connectivity index is 1.71. The van der Waals surface area contributed by atoms with Gasteiger partial charge in [0.2, 0.25) is 0 Å². The fourth-order valence-corrected chi connectivity index (χ4v) is 2.11. The van der Waals surface area contributed by atoms with Crippen LogP contribution in [-0.2, 0) is 6.61 Å². The topological polar surface area (TPSA) is 51.0 Å². The van der Waals surface area contributed by atoms with Crippen LogP contribution in [0.4, 0.5) is 0 Å². The van der Waals surface area contributed by atoms with Crippen LogP contribution < -0.4 is 9.47 Å². The number of oxime groups is 1. The smallest absolute Gasteiger partial charge is 0.134 e. The fourth-order valence-electron chi connectivity index (χ4n) is 2.11. The Morgan fingerprint density at radius 1 is 1.20 bits per heavy atom. The van der Waals surface area contributed by atoms with Gasteiger partial charge in [0, 0.05) is 11.6 Å². The van der Waals surface area contributed by atoms with Gasteiger partial charge in [-0.1, -0.05) is 35.0 Å². The number of hydrogen-bond acceptors (Lipinski definition) is 4. The van der Waals surface area contributed by atoms with E-state index in [0.29, 0.717) is 24.7 Å². The van der Waals surface area contributed by atoms with Crippen LogP contribution in [0.1, 0.15) is 16.7 Å². The molecule has 20 heavy (non-hydrogen) atoms. The van der Waals surface area contributed by atoms with Gasteiger partial charge in [0.1, 0.15) is 30.4 Å². The molecule has 0 aliphatic carbocycles. The molecule has 4 nitrogen and oxygen atoms in total. The van der Waals surface area contributed by atoms with Crippen molar-refractivity contribution in [3.05, 3.63) is 59.2 Å². The molecule has 4 heteroatoms. The van der Waals surface area contributed by atoms with Crippen molar-refractivity contribution in [3.8, 4) is 11.5 Å². The van der Waals surface area contributed by atoms with Crippen molar-refractivity contribution < 1.29 is 14.7 Å². The van der Waals surface area contributed by atoms with Gasteiger partial charge in [-0.3, -0.25) is 0 Å². The standard InChI is InChI=1S/C16H15NO3/c1-11-2-4-12(5-3-11)9-19-13-6-7-14-15(17-18)10-20-16(14)8-13/h2-8,18H,9-10H2,1H3. The molecule has 0 saturated heterocycles. The van der Waals surface area contributed by atoms with Gasteiger partial charge in [0.15, 0.2) is 0 Å². The van der Waals surface area contributed by atoms with Gasteiger partial charge in [0.25, 0.3) is 0 Å². The molecule has 1 heterocycles. The van der Waals surface area contributed by atoms with E-state index in [-0.39, 0.29) is 0 Å². The van der Waals surface area contributed by atoms with Crippen molar-refractivity contribution in [2.45, 2.75) is 13.5 Å². The molecule has 0 fully saturated rings. The second kappa shape index (κ2) is 5.25. The SMILES string of the molecule is Cc1ccc(COc2ccc3c(c2)OCC3=NO)cc1. The number of ether oxygens (including phenoxy) is 2. The third-order valence-corrected chi connectivity index (χ3v) is 3.28. The molecule has 0 aromatic heterocycles. The Bertz CT molecular complexity index is 647. The van der Waals surface area contributed by atoms with Crippen molar-refractivity contribution in [1.29, 1.82) is 0 Å². The Kier molecular flexibility index (Phi) is 3.29. The van der Waals surface area contributed by atoms with Crippen molar-refractivity contribution in [2.24, 2.45) is 5.16 Å². The van der Waals surface area contributed by atoms with Gasteiger partial charge in [0.05, 0.1) is 0 Å². The molecule has 102 valence electrons. The van der Waals surface area contributed by atoms with Gasteiger partial charge in [-0.25, -0.2) is 0 Å². The minimum Gasteiger partial charge on any atom is -0.489 e. The second-order valence-electron chi connectivity index (χ2n) is 4.77. The summed E-state index contributed by atoms with van der Waals surface area (Å²) in [6, 6.07) is 13.8. The largest absolute Gasteiger partial charge is 0.489 e. The molecule has 0 radical (unpaired) electrons. The van der Waals surface area contributed by atoms with Crippen LogP contribution in [0.5, 0.6) is 11.5 Å². The first-order valence-corrected chi connectivity index (χ1v) is 6.43. The number of benzene rings is 2. The minimum absolute atomic E-state index is 0.299. The van der Waals surface area contributed by atoms with Gasteiger partial charge in [-0.15, -0.1) is 0 Å². The Morgan fingerprint density at radius 2 is 2.00 bits per heavy atom. The molecule has 1 N–H and O–H groups in total. The number of fused-ring (bicyclic) bond motifs is 1. The van der Waals surface area contributed by atoms with Gasteiger partial charge in [-0.2, -0.15) is 0 Å². The highest BCUT2D eigenvalue weighted by Gasteiger charge is 2.20. The van der Waals surface area contributed by atoms with Gasteiger partial charge in [-0.05, 0) is 24.6 Å². The Morgan fingerprint density at radius 3 is 2.75 bits per heavy atom. The first kappa shape index (κ1) is 12.5. The van der Waals surface area contributed by atoms with Gasteiger partial charge < -0.3 is 14.7 Å². The van der Waals surface area contributed by atoms with Crippen LogP contribution in [-0.4, -0.2) is 17.5 Å². The molecule has 1 aliphatic rings. The molecule has 1 aliphatic heterocycles. The average Bonchev–Trinajstić information content (AvgIpc) is 2.89. The molecule has 2 aromatic rings. The summed E-state index contributed by atoms with van der Waals surface area (Å²) in [6.45, 7) is 2.87. The van der Waals surface area contributed by atoms with E-state index in [1.807, 2.05) is 18.2 Å². The van der Waals surface area contributed by atoms with Crippen molar-refractivity contribution in [2.75, 3.05) is 6.61 Å². The summed E-state index contributed by atoms with van der Waals surface area (Å²) >= 11 is 0. The summed E-state index contributed by atoms with van der Waals surface area (Å²) in [4.78, 5) is 0. The van der Waals surface area contributed by atoms with Crippen LogP contribution in [0.2, 0.25) is 0 Å². The molecule has 0 atom stereocenters. The van der Waals surface area contributed by atoms with E-state index in [1.165, 1.54) is 5.56 Å².